The fourth-order valence-electron chi connectivity index (χ4n) is 2.88. The Morgan fingerprint density at radius 3 is 2.80 bits per heavy atom. The molecule has 1 saturated carbocycles. The average Bonchev–Trinajstić information content (AvgIpc) is 2.82. The van der Waals surface area contributed by atoms with Crippen LogP contribution in [0.3, 0.4) is 0 Å². The van der Waals surface area contributed by atoms with Crippen LogP contribution in [-0.4, -0.2) is 23.6 Å². The summed E-state index contributed by atoms with van der Waals surface area (Å²) in [5, 5.41) is 4.49. The Balaban J connectivity index is 1.72. The number of nitrogens with zero attached hydrogens (tertiary/aromatic N) is 1. The van der Waals surface area contributed by atoms with Gasteiger partial charge < -0.3 is 10.1 Å². The van der Waals surface area contributed by atoms with Gasteiger partial charge in [-0.05, 0) is 47.0 Å². The van der Waals surface area contributed by atoms with Gasteiger partial charge in [-0.25, -0.2) is 0 Å². The Kier molecular flexibility index (Phi) is 4.26. The molecule has 2 aliphatic rings. The Morgan fingerprint density at radius 1 is 1.30 bits per heavy atom. The maximum absolute atomic E-state index is 5.25. The Morgan fingerprint density at radius 2 is 2.10 bits per heavy atom. The molecule has 3 nitrogen and oxygen atoms in total. The molecule has 0 atom stereocenters. The molecule has 0 bridgehead atoms. The van der Waals surface area contributed by atoms with Crippen molar-refractivity contribution in [1.29, 1.82) is 0 Å². The summed E-state index contributed by atoms with van der Waals surface area (Å²) in [6.45, 7) is 0. The van der Waals surface area contributed by atoms with Crippen molar-refractivity contribution in [2.45, 2.75) is 37.6 Å². The topological polar surface area (TPSA) is 33.6 Å². The van der Waals surface area contributed by atoms with E-state index in [4.69, 9.17) is 9.73 Å². The second kappa shape index (κ2) is 5.98. The lowest BCUT2D eigenvalue weighted by molar-refractivity contribution is 0.335. The molecular formula is C15H19BrN2OS. The minimum Gasteiger partial charge on any atom is -0.496 e. The Bertz CT molecular complexity index is 527. The molecule has 1 N–H and O–H groups in total. The van der Waals surface area contributed by atoms with Gasteiger partial charge in [-0.15, -0.1) is 0 Å². The third-order valence-corrected chi connectivity index (χ3v) is 5.77. The molecule has 1 fully saturated rings. The number of rotatable bonds is 2. The first-order valence-electron chi connectivity index (χ1n) is 7.04. The van der Waals surface area contributed by atoms with E-state index in [-0.39, 0.29) is 5.54 Å². The highest BCUT2D eigenvalue weighted by molar-refractivity contribution is 9.10. The molecule has 1 aliphatic carbocycles. The highest BCUT2D eigenvalue weighted by atomic mass is 79.9. The van der Waals surface area contributed by atoms with Crippen LogP contribution in [-0.2, 0) is 0 Å². The lowest BCUT2D eigenvalue weighted by Gasteiger charge is -2.29. The Labute approximate surface area is 132 Å². The summed E-state index contributed by atoms with van der Waals surface area (Å²) < 4.78 is 6.21. The van der Waals surface area contributed by atoms with Crippen LogP contribution in [0.1, 0.15) is 32.1 Å². The molecule has 5 heteroatoms. The van der Waals surface area contributed by atoms with Crippen LogP contribution in [0.5, 0.6) is 5.75 Å². The third-order valence-electron chi connectivity index (χ3n) is 4.00. The monoisotopic (exact) mass is 354 g/mol. The lowest BCUT2D eigenvalue weighted by atomic mass is 9.84. The molecular weight excluding hydrogens is 336 g/mol. The van der Waals surface area contributed by atoms with Crippen LogP contribution in [0.15, 0.2) is 27.7 Å². The molecule has 0 aromatic heterocycles. The number of nitrogens with one attached hydrogen (secondary N) is 1. The second-order valence-corrected chi connectivity index (χ2v) is 7.28. The third kappa shape index (κ3) is 2.98. The van der Waals surface area contributed by atoms with E-state index in [1.165, 1.54) is 32.1 Å². The van der Waals surface area contributed by atoms with Crippen LogP contribution in [0, 0.1) is 0 Å². The minimum atomic E-state index is 0.217. The SMILES string of the molecule is COc1ccc(NC2=NC3(CCCCC3)CS2)cc1Br. The van der Waals surface area contributed by atoms with E-state index >= 15 is 0 Å². The molecule has 3 rings (SSSR count). The van der Waals surface area contributed by atoms with Gasteiger partial charge >= 0.3 is 0 Å². The standard InChI is InChI=1S/C15H19BrN2OS/c1-19-13-6-5-11(9-12(13)16)17-14-18-15(10-20-14)7-3-2-4-8-15/h5-6,9H,2-4,7-8,10H2,1H3,(H,17,18). The molecule has 1 heterocycles. The van der Waals surface area contributed by atoms with Gasteiger partial charge in [-0.3, -0.25) is 4.99 Å². The van der Waals surface area contributed by atoms with E-state index in [1.54, 1.807) is 7.11 Å². The summed E-state index contributed by atoms with van der Waals surface area (Å²) in [5.74, 6) is 1.98. The molecule has 0 unspecified atom stereocenters. The summed E-state index contributed by atoms with van der Waals surface area (Å²) in [6.07, 6.45) is 6.52. The van der Waals surface area contributed by atoms with Crippen molar-refractivity contribution < 1.29 is 4.74 Å². The normalized spacial score (nSPS) is 20.8. The first kappa shape index (κ1) is 14.3. The molecule has 0 amide bonds. The second-order valence-electron chi connectivity index (χ2n) is 5.46. The highest BCUT2D eigenvalue weighted by Crippen LogP contribution is 2.40. The number of anilines is 1. The van der Waals surface area contributed by atoms with Crippen LogP contribution in [0.25, 0.3) is 0 Å². The number of halogens is 1. The number of benzene rings is 1. The number of methoxy groups -OCH3 is 1. The van der Waals surface area contributed by atoms with Gasteiger partial charge in [0.1, 0.15) is 5.75 Å². The number of ether oxygens (including phenoxy) is 1. The summed E-state index contributed by atoms with van der Waals surface area (Å²) in [7, 11) is 1.68. The fraction of sp³-hybridized carbons (Fsp3) is 0.533. The van der Waals surface area contributed by atoms with E-state index in [1.807, 2.05) is 30.0 Å². The zero-order valence-corrected chi connectivity index (χ0v) is 14.0. The van der Waals surface area contributed by atoms with Gasteiger partial charge in [-0.2, -0.15) is 0 Å². The molecule has 20 heavy (non-hydrogen) atoms. The summed E-state index contributed by atoms with van der Waals surface area (Å²) >= 11 is 5.37. The maximum atomic E-state index is 5.25. The lowest BCUT2D eigenvalue weighted by Crippen LogP contribution is -2.29. The summed E-state index contributed by atoms with van der Waals surface area (Å²) in [6, 6.07) is 6.02. The van der Waals surface area contributed by atoms with Gasteiger partial charge in [-0.1, -0.05) is 31.0 Å². The van der Waals surface area contributed by atoms with Gasteiger partial charge in [0.15, 0.2) is 5.17 Å². The van der Waals surface area contributed by atoms with Gasteiger partial charge in [0.2, 0.25) is 0 Å². The predicted molar refractivity (Wildman–Crippen MR) is 90.0 cm³/mol. The van der Waals surface area contributed by atoms with Crippen molar-refractivity contribution in [3.8, 4) is 5.75 Å². The van der Waals surface area contributed by atoms with Crippen molar-refractivity contribution in [3.05, 3.63) is 22.7 Å². The number of hydrogen-bond donors (Lipinski definition) is 1. The molecule has 0 saturated heterocycles. The predicted octanol–water partition coefficient (Wildman–Crippen LogP) is 4.68. The van der Waals surface area contributed by atoms with Crippen molar-refractivity contribution in [1.82, 2.24) is 0 Å². The number of aliphatic imine (C=N–C) groups is 1. The quantitative estimate of drug-likeness (QED) is 0.837. The fourth-order valence-corrected chi connectivity index (χ4v) is 4.63. The van der Waals surface area contributed by atoms with Gasteiger partial charge in [0.05, 0.1) is 17.1 Å². The van der Waals surface area contributed by atoms with E-state index in [0.717, 1.165) is 26.8 Å². The summed E-state index contributed by atoms with van der Waals surface area (Å²) in [4.78, 5) is 4.97. The summed E-state index contributed by atoms with van der Waals surface area (Å²) in [5.41, 5.74) is 1.27. The molecule has 0 radical (unpaired) electrons. The first-order valence-corrected chi connectivity index (χ1v) is 8.82. The molecule has 1 aromatic rings. The zero-order valence-electron chi connectivity index (χ0n) is 11.6. The highest BCUT2D eigenvalue weighted by Gasteiger charge is 2.36. The first-order chi connectivity index (χ1) is 9.71. The zero-order chi connectivity index (χ0) is 14.0. The van der Waals surface area contributed by atoms with Crippen LogP contribution >= 0.6 is 27.7 Å². The van der Waals surface area contributed by atoms with Crippen molar-refractivity contribution >= 4 is 38.5 Å². The van der Waals surface area contributed by atoms with Gasteiger partial charge in [0.25, 0.3) is 0 Å². The molecule has 108 valence electrons. The largest absolute Gasteiger partial charge is 0.496 e. The number of hydrogen-bond acceptors (Lipinski definition) is 4. The minimum absolute atomic E-state index is 0.217. The average molecular weight is 355 g/mol. The maximum Gasteiger partial charge on any atom is 0.161 e. The molecule has 1 aromatic carbocycles. The van der Waals surface area contributed by atoms with E-state index in [9.17, 15) is 0 Å². The van der Waals surface area contributed by atoms with Crippen molar-refractivity contribution in [2.24, 2.45) is 4.99 Å². The van der Waals surface area contributed by atoms with E-state index in [0.29, 0.717) is 0 Å². The number of thioether (sulfide) groups is 1. The van der Waals surface area contributed by atoms with E-state index in [2.05, 4.69) is 21.2 Å². The van der Waals surface area contributed by atoms with Crippen LogP contribution < -0.4 is 10.1 Å². The Hall–Kier alpha value is -0.680. The van der Waals surface area contributed by atoms with Crippen LogP contribution in [0.4, 0.5) is 5.69 Å². The van der Waals surface area contributed by atoms with Crippen molar-refractivity contribution in [2.75, 3.05) is 18.2 Å². The van der Waals surface area contributed by atoms with Crippen molar-refractivity contribution in [3.63, 3.8) is 0 Å². The van der Waals surface area contributed by atoms with Gasteiger partial charge in [0, 0.05) is 11.4 Å². The smallest absolute Gasteiger partial charge is 0.161 e. The number of amidine groups is 1. The molecule has 1 spiro atoms. The van der Waals surface area contributed by atoms with Crippen LogP contribution in [0.2, 0.25) is 0 Å². The van der Waals surface area contributed by atoms with E-state index < -0.39 is 0 Å². The molecule has 1 aliphatic heterocycles.